The van der Waals surface area contributed by atoms with Crippen LogP contribution in [0.15, 0.2) is 29.9 Å². The molecule has 0 atom stereocenters. The van der Waals surface area contributed by atoms with Crippen LogP contribution in [0.2, 0.25) is 0 Å². The molecule has 0 unspecified atom stereocenters. The largest absolute Gasteiger partial charge is 0.364 e. The van der Waals surface area contributed by atoms with E-state index in [9.17, 15) is 9.70 Å². The number of nitrogens with zero attached hydrogens (tertiary/aromatic N) is 2. The SMILES string of the molecule is O=NOCCCCNC(=O)c1cccnc1. The van der Waals surface area contributed by atoms with Crippen LogP contribution in [-0.2, 0) is 4.84 Å². The molecular formula is C10H13N3O3. The van der Waals surface area contributed by atoms with Crippen LogP contribution in [-0.4, -0.2) is 24.0 Å². The summed E-state index contributed by atoms with van der Waals surface area (Å²) >= 11 is 0. The standard InChI is InChI=1S/C10H13N3O3/c14-10(9-4-3-5-11-8-9)12-6-1-2-7-16-13-15/h3-5,8H,1-2,6-7H2,(H,12,14). The summed E-state index contributed by atoms with van der Waals surface area (Å²) in [7, 11) is 0. The lowest BCUT2D eigenvalue weighted by Crippen LogP contribution is -2.24. The molecule has 1 aromatic rings. The van der Waals surface area contributed by atoms with Crippen molar-refractivity contribution < 1.29 is 9.63 Å². The lowest BCUT2D eigenvalue weighted by Gasteiger charge is -2.03. The van der Waals surface area contributed by atoms with Crippen LogP contribution in [0, 0.1) is 4.91 Å². The van der Waals surface area contributed by atoms with Crippen LogP contribution in [0.3, 0.4) is 0 Å². The molecule has 16 heavy (non-hydrogen) atoms. The summed E-state index contributed by atoms with van der Waals surface area (Å²) in [6, 6.07) is 3.40. The monoisotopic (exact) mass is 223 g/mol. The van der Waals surface area contributed by atoms with E-state index in [1.807, 2.05) is 0 Å². The molecule has 1 amide bonds. The van der Waals surface area contributed by atoms with Gasteiger partial charge in [-0.05, 0) is 25.0 Å². The topological polar surface area (TPSA) is 80.6 Å². The minimum absolute atomic E-state index is 0.150. The second-order valence-electron chi connectivity index (χ2n) is 3.11. The number of aromatic nitrogens is 1. The van der Waals surface area contributed by atoms with Crippen molar-refractivity contribution in [2.45, 2.75) is 12.8 Å². The van der Waals surface area contributed by atoms with Crippen molar-refractivity contribution in [3.8, 4) is 0 Å². The summed E-state index contributed by atoms with van der Waals surface area (Å²) in [5, 5.41) is 5.00. The highest BCUT2D eigenvalue weighted by atomic mass is 16.7. The van der Waals surface area contributed by atoms with E-state index in [1.165, 1.54) is 6.20 Å². The molecule has 0 fully saturated rings. The van der Waals surface area contributed by atoms with Crippen molar-refractivity contribution in [1.29, 1.82) is 0 Å². The average Bonchev–Trinajstić information content (AvgIpc) is 2.34. The number of unbranched alkanes of at least 4 members (excludes halogenated alkanes) is 1. The van der Waals surface area contributed by atoms with Crippen molar-refractivity contribution in [2.75, 3.05) is 13.2 Å². The first kappa shape index (κ1) is 12.1. The van der Waals surface area contributed by atoms with Gasteiger partial charge in [0.05, 0.1) is 5.56 Å². The third kappa shape index (κ3) is 4.50. The molecule has 0 aliphatic heterocycles. The molecular weight excluding hydrogens is 210 g/mol. The Hall–Kier alpha value is -1.98. The first-order valence-electron chi connectivity index (χ1n) is 4.97. The number of carbonyl (C=O) groups excluding carboxylic acids is 1. The number of rotatable bonds is 7. The van der Waals surface area contributed by atoms with E-state index in [2.05, 4.69) is 20.5 Å². The first-order valence-corrected chi connectivity index (χ1v) is 4.97. The van der Waals surface area contributed by atoms with Crippen molar-refractivity contribution in [1.82, 2.24) is 10.3 Å². The zero-order valence-electron chi connectivity index (χ0n) is 8.76. The molecule has 1 heterocycles. The fourth-order valence-corrected chi connectivity index (χ4v) is 1.13. The lowest BCUT2D eigenvalue weighted by molar-refractivity contribution is 0.0948. The van der Waals surface area contributed by atoms with E-state index >= 15 is 0 Å². The van der Waals surface area contributed by atoms with Crippen LogP contribution >= 0.6 is 0 Å². The van der Waals surface area contributed by atoms with E-state index in [1.54, 1.807) is 18.3 Å². The summed E-state index contributed by atoms with van der Waals surface area (Å²) in [6.45, 7) is 0.822. The second-order valence-corrected chi connectivity index (χ2v) is 3.11. The molecule has 1 N–H and O–H groups in total. The number of hydrogen-bond donors (Lipinski definition) is 1. The Morgan fingerprint density at radius 2 is 2.38 bits per heavy atom. The highest BCUT2D eigenvalue weighted by molar-refractivity contribution is 5.93. The van der Waals surface area contributed by atoms with E-state index in [-0.39, 0.29) is 12.5 Å². The summed E-state index contributed by atoms with van der Waals surface area (Å²) < 4.78 is 0. The van der Waals surface area contributed by atoms with E-state index in [4.69, 9.17) is 0 Å². The summed E-state index contributed by atoms with van der Waals surface area (Å²) in [6.07, 6.45) is 4.54. The maximum Gasteiger partial charge on any atom is 0.252 e. The van der Waals surface area contributed by atoms with Crippen LogP contribution in [0.1, 0.15) is 23.2 Å². The van der Waals surface area contributed by atoms with Gasteiger partial charge in [-0.15, -0.1) is 4.91 Å². The van der Waals surface area contributed by atoms with Crippen molar-refractivity contribution in [3.63, 3.8) is 0 Å². The van der Waals surface area contributed by atoms with Gasteiger partial charge in [0.25, 0.3) is 5.91 Å². The summed E-state index contributed by atoms with van der Waals surface area (Å²) in [4.78, 5) is 29.2. The first-order chi connectivity index (χ1) is 7.84. The zero-order chi connectivity index (χ0) is 11.6. The third-order valence-electron chi connectivity index (χ3n) is 1.92. The average molecular weight is 223 g/mol. The van der Waals surface area contributed by atoms with Crippen molar-refractivity contribution >= 4 is 5.91 Å². The Labute approximate surface area is 92.9 Å². The van der Waals surface area contributed by atoms with Gasteiger partial charge in [0.15, 0.2) is 5.34 Å². The summed E-state index contributed by atoms with van der Waals surface area (Å²) in [5.74, 6) is -0.150. The van der Waals surface area contributed by atoms with Gasteiger partial charge in [-0.1, -0.05) is 0 Å². The smallest absolute Gasteiger partial charge is 0.252 e. The molecule has 6 heteroatoms. The van der Waals surface area contributed by atoms with Crippen LogP contribution in [0.5, 0.6) is 0 Å². The zero-order valence-corrected chi connectivity index (χ0v) is 8.76. The van der Waals surface area contributed by atoms with Crippen LogP contribution in [0.4, 0.5) is 0 Å². The highest BCUT2D eigenvalue weighted by Crippen LogP contribution is 1.95. The van der Waals surface area contributed by atoms with Gasteiger partial charge in [-0.2, -0.15) is 0 Å². The lowest BCUT2D eigenvalue weighted by atomic mass is 10.2. The molecule has 0 aliphatic rings. The predicted octanol–water partition coefficient (Wildman–Crippen LogP) is 1.29. The summed E-state index contributed by atoms with van der Waals surface area (Å²) in [5.41, 5.74) is 0.535. The van der Waals surface area contributed by atoms with Crippen molar-refractivity contribution in [2.24, 2.45) is 5.34 Å². The quantitative estimate of drug-likeness (QED) is 0.429. The van der Waals surface area contributed by atoms with Gasteiger partial charge in [-0.3, -0.25) is 9.78 Å². The van der Waals surface area contributed by atoms with Crippen molar-refractivity contribution in [3.05, 3.63) is 35.0 Å². The molecule has 0 spiro atoms. The van der Waals surface area contributed by atoms with E-state index in [0.717, 1.165) is 6.42 Å². The number of hydrogen-bond acceptors (Lipinski definition) is 5. The maximum absolute atomic E-state index is 11.5. The Morgan fingerprint density at radius 1 is 1.50 bits per heavy atom. The van der Waals surface area contributed by atoms with Gasteiger partial charge in [0.1, 0.15) is 6.61 Å². The molecule has 0 bridgehead atoms. The van der Waals surface area contributed by atoms with Crippen LogP contribution < -0.4 is 5.32 Å². The molecule has 0 aromatic carbocycles. The molecule has 0 radical (unpaired) electrons. The van der Waals surface area contributed by atoms with Crippen LogP contribution in [0.25, 0.3) is 0 Å². The molecule has 86 valence electrons. The van der Waals surface area contributed by atoms with Gasteiger partial charge in [0.2, 0.25) is 0 Å². The van der Waals surface area contributed by atoms with Gasteiger partial charge in [0, 0.05) is 18.9 Å². The normalized spacial score (nSPS) is 9.50. The minimum Gasteiger partial charge on any atom is -0.364 e. The number of carbonyl (C=O) groups is 1. The fraction of sp³-hybridized carbons (Fsp3) is 0.400. The maximum atomic E-state index is 11.5. The highest BCUT2D eigenvalue weighted by Gasteiger charge is 2.03. The minimum atomic E-state index is -0.150. The van der Waals surface area contributed by atoms with E-state index in [0.29, 0.717) is 18.5 Å². The fourth-order valence-electron chi connectivity index (χ4n) is 1.13. The Bertz CT molecular complexity index is 329. The Morgan fingerprint density at radius 3 is 3.06 bits per heavy atom. The third-order valence-corrected chi connectivity index (χ3v) is 1.92. The van der Waals surface area contributed by atoms with Gasteiger partial charge >= 0.3 is 0 Å². The molecule has 1 aromatic heterocycles. The number of nitrogens with one attached hydrogen (secondary N) is 1. The molecule has 0 saturated heterocycles. The number of amides is 1. The molecule has 1 rings (SSSR count). The predicted molar refractivity (Wildman–Crippen MR) is 57.6 cm³/mol. The Kier molecular flexibility index (Phi) is 5.54. The second kappa shape index (κ2) is 7.33. The molecule has 0 aliphatic carbocycles. The Balaban J connectivity index is 2.14. The molecule has 0 saturated carbocycles. The van der Waals surface area contributed by atoms with Gasteiger partial charge in [-0.25, -0.2) is 0 Å². The molecule has 6 nitrogen and oxygen atoms in total. The van der Waals surface area contributed by atoms with E-state index < -0.39 is 0 Å². The number of pyridine rings is 1. The van der Waals surface area contributed by atoms with Gasteiger partial charge < -0.3 is 10.2 Å².